The van der Waals surface area contributed by atoms with Crippen molar-refractivity contribution in [1.29, 1.82) is 0 Å². The molecular formula is C19H29N3O5. The fraction of sp³-hybridized carbons (Fsp3) is 0.526. The number of hydrogen-bond donors (Lipinski definition) is 2. The first-order valence-corrected chi connectivity index (χ1v) is 8.64. The van der Waals surface area contributed by atoms with Crippen molar-refractivity contribution in [2.45, 2.75) is 46.1 Å². The quantitative estimate of drug-likeness (QED) is 0.534. The van der Waals surface area contributed by atoms with Crippen LogP contribution in [0.1, 0.15) is 39.7 Å². The van der Waals surface area contributed by atoms with E-state index in [0.29, 0.717) is 30.2 Å². The summed E-state index contributed by atoms with van der Waals surface area (Å²) >= 11 is 0. The third kappa shape index (κ3) is 8.94. The monoisotopic (exact) mass is 379 g/mol. The van der Waals surface area contributed by atoms with Crippen molar-refractivity contribution in [3.05, 3.63) is 23.8 Å². The average Bonchev–Trinajstić information content (AvgIpc) is 2.58. The lowest BCUT2D eigenvalue weighted by molar-refractivity contribution is -0.119. The number of carbonyl (C=O) groups is 2. The van der Waals surface area contributed by atoms with Gasteiger partial charge in [0, 0.05) is 12.3 Å². The van der Waals surface area contributed by atoms with E-state index in [4.69, 9.17) is 14.2 Å². The van der Waals surface area contributed by atoms with Gasteiger partial charge in [0.15, 0.2) is 11.5 Å². The van der Waals surface area contributed by atoms with Crippen molar-refractivity contribution >= 4 is 17.7 Å². The SMILES string of the molecule is COc1ccc(CCNC(=O)CC(C)=NNC(=O)OC(C)(C)C)cc1OC. The molecule has 0 spiro atoms. The van der Waals surface area contributed by atoms with E-state index in [2.05, 4.69) is 15.8 Å². The van der Waals surface area contributed by atoms with Gasteiger partial charge in [-0.25, -0.2) is 10.2 Å². The molecule has 0 aliphatic rings. The van der Waals surface area contributed by atoms with E-state index in [0.717, 1.165) is 5.56 Å². The summed E-state index contributed by atoms with van der Waals surface area (Å²) in [5, 5.41) is 6.68. The third-order valence-corrected chi connectivity index (χ3v) is 3.34. The number of rotatable bonds is 8. The van der Waals surface area contributed by atoms with Crippen molar-refractivity contribution < 1.29 is 23.8 Å². The van der Waals surface area contributed by atoms with Crippen molar-refractivity contribution in [3.63, 3.8) is 0 Å². The Morgan fingerprint density at radius 3 is 2.37 bits per heavy atom. The summed E-state index contributed by atoms with van der Waals surface area (Å²) in [6, 6.07) is 5.63. The zero-order valence-electron chi connectivity index (χ0n) is 16.8. The van der Waals surface area contributed by atoms with Gasteiger partial charge in [0.2, 0.25) is 5.91 Å². The Bertz CT molecular complexity index is 680. The molecule has 0 bridgehead atoms. The summed E-state index contributed by atoms with van der Waals surface area (Å²) in [7, 11) is 3.16. The van der Waals surface area contributed by atoms with Gasteiger partial charge >= 0.3 is 6.09 Å². The molecule has 0 aliphatic heterocycles. The summed E-state index contributed by atoms with van der Waals surface area (Å²) in [5.74, 6) is 1.13. The highest BCUT2D eigenvalue weighted by Gasteiger charge is 2.15. The first kappa shape index (κ1) is 22.3. The Labute approximate surface area is 160 Å². The summed E-state index contributed by atoms with van der Waals surface area (Å²) in [4.78, 5) is 23.5. The fourth-order valence-electron chi connectivity index (χ4n) is 2.16. The number of nitrogens with one attached hydrogen (secondary N) is 2. The van der Waals surface area contributed by atoms with Gasteiger partial charge in [-0.2, -0.15) is 5.10 Å². The van der Waals surface area contributed by atoms with Gasteiger partial charge < -0.3 is 19.5 Å². The Morgan fingerprint density at radius 1 is 1.11 bits per heavy atom. The molecule has 1 aromatic rings. The van der Waals surface area contributed by atoms with Crippen LogP contribution in [0.2, 0.25) is 0 Å². The topological polar surface area (TPSA) is 98.2 Å². The van der Waals surface area contributed by atoms with Crippen molar-refractivity contribution in [3.8, 4) is 11.5 Å². The summed E-state index contributed by atoms with van der Waals surface area (Å²) in [6.45, 7) is 7.41. The number of ether oxygens (including phenoxy) is 3. The van der Waals surface area contributed by atoms with Gasteiger partial charge in [0.1, 0.15) is 5.60 Å². The minimum atomic E-state index is -0.657. The lowest BCUT2D eigenvalue weighted by Crippen LogP contribution is -2.31. The first-order valence-electron chi connectivity index (χ1n) is 8.64. The molecule has 2 amide bonds. The zero-order chi connectivity index (χ0) is 20.4. The van der Waals surface area contributed by atoms with Crippen LogP contribution in [-0.4, -0.2) is 44.1 Å². The van der Waals surface area contributed by atoms with Crippen LogP contribution in [0.25, 0.3) is 0 Å². The van der Waals surface area contributed by atoms with Crippen LogP contribution in [0.3, 0.4) is 0 Å². The Kier molecular flexibility index (Phi) is 8.58. The Hall–Kier alpha value is -2.77. The molecule has 0 saturated carbocycles. The molecule has 0 radical (unpaired) electrons. The highest BCUT2D eigenvalue weighted by molar-refractivity contribution is 6.00. The molecule has 8 heteroatoms. The number of methoxy groups -OCH3 is 2. The van der Waals surface area contributed by atoms with Gasteiger partial charge in [0.25, 0.3) is 0 Å². The first-order chi connectivity index (χ1) is 12.6. The van der Waals surface area contributed by atoms with Crippen LogP contribution < -0.4 is 20.2 Å². The predicted octanol–water partition coefficient (Wildman–Crippen LogP) is 2.65. The van der Waals surface area contributed by atoms with Gasteiger partial charge in [0.05, 0.1) is 20.6 Å². The summed E-state index contributed by atoms with van der Waals surface area (Å²) < 4.78 is 15.5. The van der Waals surface area contributed by atoms with E-state index in [-0.39, 0.29) is 12.3 Å². The molecule has 0 fully saturated rings. The van der Waals surface area contributed by atoms with E-state index in [9.17, 15) is 9.59 Å². The van der Waals surface area contributed by atoms with Gasteiger partial charge in [-0.15, -0.1) is 0 Å². The fourth-order valence-corrected chi connectivity index (χ4v) is 2.16. The van der Waals surface area contributed by atoms with Crippen LogP contribution >= 0.6 is 0 Å². The molecule has 0 saturated heterocycles. The van der Waals surface area contributed by atoms with Crippen molar-refractivity contribution in [1.82, 2.24) is 10.7 Å². The highest BCUT2D eigenvalue weighted by atomic mass is 16.6. The Balaban J connectivity index is 2.40. The number of benzene rings is 1. The van der Waals surface area contributed by atoms with Gasteiger partial charge in [-0.1, -0.05) is 6.07 Å². The molecule has 0 aliphatic carbocycles. The maximum absolute atomic E-state index is 12.0. The number of amides is 2. The van der Waals surface area contributed by atoms with Crippen LogP contribution in [0.5, 0.6) is 11.5 Å². The van der Waals surface area contributed by atoms with Crippen LogP contribution in [0.4, 0.5) is 4.79 Å². The molecule has 8 nitrogen and oxygen atoms in total. The number of hydrogen-bond acceptors (Lipinski definition) is 6. The highest BCUT2D eigenvalue weighted by Crippen LogP contribution is 2.27. The predicted molar refractivity (Wildman–Crippen MR) is 103 cm³/mol. The summed E-state index contributed by atoms with van der Waals surface area (Å²) in [6.07, 6.45) is 0.0795. The maximum atomic E-state index is 12.0. The molecule has 2 N–H and O–H groups in total. The molecule has 0 aromatic heterocycles. The molecule has 1 rings (SSSR count). The maximum Gasteiger partial charge on any atom is 0.428 e. The van der Waals surface area contributed by atoms with E-state index in [1.807, 2.05) is 18.2 Å². The molecular weight excluding hydrogens is 350 g/mol. The minimum Gasteiger partial charge on any atom is -0.493 e. The van der Waals surface area contributed by atoms with E-state index in [1.54, 1.807) is 41.9 Å². The second kappa shape index (κ2) is 10.4. The second-order valence-electron chi connectivity index (χ2n) is 6.93. The van der Waals surface area contributed by atoms with Crippen molar-refractivity contribution in [2.75, 3.05) is 20.8 Å². The lowest BCUT2D eigenvalue weighted by Gasteiger charge is -2.18. The number of hydrazone groups is 1. The largest absolute Gasteiger partial charge is 0.493 e. The minimum absolute atomic E-state index is 0.0851. The van der Waals surface area contributed by atoms with E-state index < -0.39 is 11.7 Å². The Morgan fingerprint density at radius 2 is 1.78 bits per heavy atom. The molecule has 0 heterocycles. The molecule has 0 atom stereocenters. The van der Waals surface area contributed by atoms with Crippen LogP contribution in [0.15, 0.2) is 23.3 Å². The smallest absolute Gasteiger partial charge is 0.428 e. The molecule has 1 aromatic carbocycles. The summed E-state index contributed by atoms with van der Waals surface area (Å²) in [5.41, 5.74) is 3.16. The number of carbonyl (C=O) groups excluding carboxylic acids is 2. The molecule has 0 unspecified atom stereocenters. The molecule has 150 valence electrons. The van der Waals surface area contributed by atoms with E-state index >= 15 is 0 Å². The average molecular weight is 379 g/mol. The van der Waals surface area contributed by atoms with Gasteiger partial charge in [-0.3, -0.25) is 4.79 Å². The van der Waals surface area contributed by atoms with Gasteiger partial charge in [-0.05, 0) is 51.8 Å². The van der Waals surface area contributed by atoms with Crippen LogP contribution in [-0.2, 0) is 16.0 Å². The zero-order valence-corrected chi connectivity index (χ0v) is 16.8. The molecule has 27 heavy (non-hydrogen) atoms. The van der Waals surface area contributed by atoms with Crippen LogP contribution in [0, 0.1) is 0 Å². The second-order valence-corrected chi connectivity index (χ2v) is 6.93. The van der Waals surface area contributed by atoms with Crippen molar-refractivity contribution in [2.24, 2.45) is 5.10 Å². The van der Waals surface area contributed by atoms with E-state index in [1.165, 1.54) is 0 Å². The third-order valence-electron chi connectivity index (χ3n) is 3.34. The lowest BCUT2D eigenvalue weighted by atomic mass is 10.1. The standard InChI is InChI=1S/C19H29N3O5/c1-13(21-22-18(24)27-19(2,3)4)11-17(23)20-10-9-14-7-8-15(25-5)16(12-14)26-6/h7-8,12H,9-11H2,1-6H3,(H,20,23)(H,22,24). The normalized spacial score (nSPS) is 11.6. The number of nitrogens with zero attached hydrogens (tertiary/aromatic N) is 1.